The molecule has 0 unspecified atom stereocenters. The number of benzene rings is 2. The van der Waals surface area contributed by atoms with Crippen LogP contribution in [0, 0.1) is 0 Å². The Labute approximate surface area is 207 Å². The van der Waals surface area contributed by atoms with Crippen LogP contribution in [0.15, 0.2) is 58.3 Å². The lowest BCUT2D eigenvalue weighted by Crippen LogP contribution is -2.21. The van der Waals surface area contributed by atoms with E-state index >= 15 is 0 Å². The molecule has 0 fully saturated rings. The molecule has 3 N–H and O–H groups in total. The molecule has 12 nitrogen and oxygen atoms in total. The van der Waals surface area contributed by atoms with Crippen molar-refractivity contribution in [3.05, 3.63) is 59.8 Å². The van der Waals surface area contributed by atoms with Gasteiger partial charge in [-0.05, 0) is 84.7 Å². The zero-order valence-corrected chi connectivity index (χ0v) is 20.1. The largest absolute Gasteiger partial charge is 0.494 e. The van der Waals surface area contributed by atoms with Gasteiger partial charge in [-0.25, -0.2) is 10.1 Å². The van der Waals surface area contributed by atoms with E-state index in [2.05, 4.69) is 31.2 Å². The van der Waals surface area contributed by atoms with Crippen molar-refractivity contribution < 1.29 is 18.9 Å². The Hall–Kier alpha value is -4.74. The van der Waals surface area contributed by atoms with Crippen LogP contribution < -0.4 is 20.6 Å². The minimum absolute atomic E-state index is 0.000345. The summed E-state index contributed by atoms with van der Waals surface area (Å²) in [5.74, 6) is 0.996. The number of hydrazone groups is 1. The van der Waals surface area contributed by atoms with E-state index in [4.69, 9.17) is 19.8 Å². The maximum atomic E-state index is 13.1. The maximum absolute atomic E-state index is 13.1. The average molecular weight is 491 g/mol. The van der Waals surface area contributed by atoms with Crippen molar-refractivity contribution in [2.75, 3.05) is 18.9 Å². The first-order valence-corrected chi connectivity index (χ1v) is 11.4. The van der Waals surface area contributed by atoms with Gasteiger partial charge in [-0.3, -0.25) is 4.79 Å². The number of hydrogen-bond acceptors (Lipinski definition) is 10. The minimum Gasteiger partial charge on any atom is -0.494 e. The van der Waals surface area contributed by atoms with Crippen LogP contribution in [0.5, 0.6) is 11.5 Å². The summed E-state index contributed by atoms with van der Waals surface area (Å²) >= 11 is 0. The van der Waals surface area contributed by atoms with Crippen molar-refractivity contribution in [2.24, 2.45) is 5.10 Å². The van der Waals surface area contributed by atoms with Crippen molar-refractivity contribution in [2.45, 2.75) is 27.2 Å². The number of carbonyl (C=O) groups excluding carboxylic acids is 1. The van der Waals surface area contributed by atoms with Gasteiger partial charge in [-0.15, -0.1) is 5.10 Å². The third-order valence-corrected chi connectivity index (χ3v) is 5.09. The zero-order valence-electron chi connectivity index (χ0n) is 20.1. The Morgan fingerprint density at radius 2 is 1.75 bits per heavy atom. The van der Waals surface area contributed by atoms with E-state index in [9.17, 15) is 4.79 Å². The lowest BCUT2D eigenvalue weighted by atomic mass is 10.1. The molecule has 0 aliphatic rings. The molecule has 1 amide bonds. The summed E-state index contributed by atoms with van der Waals surface area (Å²) in [4.78, 5) is 13.1. The van der Waals surface area contributed by atoms with Gasteiger partial charge in [0, 0.05) is 5.56 Å². The van der Waals surface area contributed by atoms with Crippen molar-refractivity contribution in [1.29, 1.82) is 0 Å². The highest BCUT2D eigenvalue weighted by Gasteiger charge is 2.25. The van der Waals surface area contributed by atoms with Gasteiger partial charge in [-0.2, -0.15) is 9.78 Å². The lowest BCUT2D eigenvalue weighted by molar-refractivity contribution is 0.0950. The molecule has 2 aromatic carbocycles. The van der Waals surface area contributed by atoms with Gasteiger partial charge in [-0.1, -0.05) is 12.1 Å². The SMILES string of the molecule is CCCOc1ccc(-c2c(C(=O)N/N=C(/C)c3ccc(OCC)cc3)nnn2-c2nonc2N)cc1. The van der Waals surface area contributed by atoms with Gasteiger partial charge in [0.2, 0.25) is 11.6 Å². The summed E-state index contributed by atoms with van der Waals surface area (Å²) in [6.07, 6.45) is 0.887. The monoisotopic (exact) mass is 490 g/mol. The number of aromatic nitrogens is 5. The van der Waals surface area contributed by atoms with E-state index in [0.717, 1.165) is 17.7 Å². The fourth-order valence-corrected chi connectivity index (χ4v) is 3.32. The number of amides is 1. The fourth-order valence-electron chi connectivity index (χ4n) is 3.32. The second-order valence-corrected chi connectivity index (χ2v) is 7.64. The average Bonchev–Trinajstić information content (AvgIpc) is 3.52. The summed E-state index contributed by atoms with van der Waals surface area (Å²) in [5.41, 5.74) is 10.8. The molecule has 36 heavy (non-hydrogen) atoms. The van der Waals surface area contributed by atoms with Gasteiger partial charge < -0.3 is 15.2 Å². The number of anilines is 1. The van der Waals surface area contributed by atoms with Crippen LogP contribution in [0.4, 0.5) is 5.82 Å². The van der Waals surface area contributed by atoms with E-state index in [1.165, 1.54) is 4.68 Å². The molecule has 12 heteroatoms. The summed E-state index contributed by atoms with van der Waals surface area (Å²) in [5, 5.41) is 19.7. The Morgan fingerprint density at radius 3 is 2.39 bits per heavy atom. The molecule has 0 spiro atoms. The van der Waals surface area contributed by atoms with E-state index in [-0.39, 0.29) is 17.3 Å². The van der Waals surface area contributed by atoms with Crippen LogP contribution in [-0.2, 0) is 0 Å². The normalized spacial score (nSPS) is 11.4. The summed E-state index contributed by atoms with van der Waals surface area (Å²) < 4.78 is 17.1. The predicted octanol–water partition coefficient (Wildman–Crippen LogP) is 3.24. The number of nitrogens with one attached hydrogen (secondary N) is 1. The number of nitrogen functional groups attached to an aromatic ring is 1. The Bertz CT molecular complexity index is 1340. The highest BCUT2D eigenvalue weighted by atomic mass is 16.6. The highest BCUT2D eigenvalue weighted by Crippen LogP contribution is 2.28. The number of ether oxygens (including phenoxy) is 2. The molecule has 0 radical (unpaired) electrons. The Kier molecular flexibility index (Phi) is 7.54. The summed E-state index contributed by atoms with van der Waals surface area (Å²) in [6, 6.07) is 14.6. The third kappa shape index (κ3) is 5.32. The third-order valence-electron chi connectivity index (χ3n) is 5.09. The van der Waals surface area contributed by atoms with Crippen molar-refractivity contribution >= 4 is 17.4 Å². The lowest BCUT2D eigenvalue weighted by Gasteiger charge is -2.08. The standard InChI is InChI=1S/C24H26N8O4/c1-4-14-35-19-12-8-17(9-13-19)21-20(27-31-32(21)23-22(25)29-36-30-23)24(33)28-26-15(3)16-6-10-18(11-7-16)34-5-2/h6-13H,4-5,14H2,1-3H3,(H2,25,29)(H,28,33)/b26-15-. The molecule has 0 saturated heterocycles. The van der Waals surface area contributed by atoms with Gasteiger partial charge in [0.1, 0.15) is 17.2 Å². The van der Waals surface area contributed by atoms with Crippen molar-refractivity contribution in [1.82, 2.24) is 30.7 Å². The van der Waals surface area contributed by atoms with Crippen LogP contribution in [0.1, 0.15) is 43.2 Å². The molecule has 0 aliphatic heterocycles. The van der Waals surface area contributed by atoms with Crippen molar-refractivity contribution in [3.8, 4) is 28.6 Å². The first kappa shape index (κ1) is 24.4. The number of hydrogen-bond donors (Lipinski definition) is 2. The number of nitrogens with zero attached hydrogens (tertiary/aromatic N) is 6. The molecular formula is C24H26N8O4. The minimum atomic E-state index is -0.567. The molecule has 0 bridgehead atoms. The smallest absolute Gasteiger partial charge is 0.294 e. The van der Waals surface area contributed by atoms with Crippen LogP contribution in [-0.4, -0.2) is 50.1 Å². The highest BCUT2D eigenvalue weighted by molar-refractivity contribution is 6.02. The van der Waals surface area contributed by atoms with Crippen LogP contribution in [0.3, 0.4) is 0 Å². The second-order valence-electron chi connectivity index (χ2n) is 7.64. The molecule has 4 aromatic rings. The quantitative estimate of drug-likeness (QED) is 0.252. The maximum Gasteiger partial charge on any atom is 0.294 e. The number of nitrogens with two attached hydrogens (primary N) is 1. The van der Waals surface area contributed by atoms with Crippen LogP contribution in [0.2, 0.25) is 0 Å². The van der Waals surface area contributed by atoms with E-state index in [0.29, 0.717) is 35.9 Å². The molecule has 186 valence electrons. The van der Waals surface area contributed by atoms with Crippen LogP contribution >= 0.6 is 0 Å². The number of rotatable bonds is 10. The Balaban J connectivity index is 1.63. The molecule has 4 rings (SSSR count). The molecule has 2 heterocycles. The van der Waals surface area contributed by atoms with Gasteiger partial charge >= 0.3 is 0 Å². The molecule has 2 aromatic heterocycles. The van der Waals surface area contributed by atoms with Gasteiger partial charge in [0.05, 0.1) is 18.9 Å². The molecule has 0 saturated carbocycles. The van der Waals surface area contributed by atoms with Crippen molar-refractivity contribution in [3.63, 3.8) is 0 Å². The topological polar surface area (TPSA) is 156 Å². The predicted molar refractivity (Wildman–Crippen MR) is 132 cm³/mol. The molecular weight excluding hydrogens is 464 g/mol. The molecule has 0 aliphatic carbocycles. The van der Waals surface area contributed by atoms with E-state index < -0.39 is 5.91 Å². The fraction of sp³-hybridized carbons (Fsp3) is 0.250. The van der Waals surface area contributed by atoms with Crippen LogP contribution in [0.25, 0.3) is 17.1 Å². The first-order chi connectivity index (χ1) is 17.5. The second kappa shape index (κ2) is 11.1. The Morgan fingerprint density at radius 1 is 1.06 bits per heavy atom. The summed E-state index contributed by atoms with van der Waals surface area (Å²) in [6.45, 7) is 6.91. The van der Waals surface area contributed by atoms with E-state index in [1.807, 2.05) is 38.1 Å². The zero-order chi connectivity index (χ0) is 25.5. The van der Waals surface area contributed by atoms with E-state index in [1.54, 1.807) is 31.2 Å². The summed E-state index contributed by atoms with van der Waals surface area (Å²) in [7, 11) is 0. The first-order valence-electron chi connectivity index (χ1n) is 11.4. The number of carbonyl (C=O) groups is 1. The van der Waals surface area contributed by atoms with Gasteiger partial charge in [0.15, 0.2) is 5.69 Å². The molecule has 0 atom stereocenters. The van der Waals surface area contributed by atoms with Gasteiger partial charge in [0.25, 0.3) is 5.91 Å².